The van der Waals surface area contributed by atoms with Crippen molar-refractivity contribution in [2.24, 2.45) is 0 Å². The maximum Gasteiger partial charge on any atom is 0.238 e. The molecule has 5 nitrogen and oxygen atoms in total. The van der Waals surface area contributed by atoms with Crippen molar-refractivity contribution in [3.05, 3.63) is 30.1 Å². The number of halogens is 1. The number of anilines is 1. The van der Waals surface area contributed by atoms with Gasteiger partial charge in [0, 0.05) is 6.26 Å². The molecule has 0 atom stereocenters. The van der Waals surface area contributed by atoms with Gasteiger partial charge in [-0.1, -0.05) is 12.1 Å². The van der Waals surface area contributed by atoms with E-state index in [1.807, 2.05) is 0 Å². The topological polar surface area (TPSA) is 75.3 Å². The summed E-state index contributed by atoms with van der Waals surface area (Å²) >= 11 is 0. The lowest BCUT2D eigenvalue weighted by atomic mass is 10.3. The van der Waals surface area contributed by atoms with Gasteiger partial charge in [0.1, 0.15) is 15.7 Å². The van der Waals surface area contributed by atoms with Crippen LogP contribution in [-0.2, 0) is 14.6 Å². The van der Waals surface area contributed by atoms with Gasteiger partial charge in [0.25, 0.3) is 0 Å². The SMILES string of the molecule is CS(=O)(=O)CCCNCC(=O)Nc1ccccc1F. The molecule has 106 valence electrons. The van der Waals surface area contributed by atoms with Crippen molar-refractivity contribution in [1.29, 1.82) is 0 Å². The number of para-hydroxylation sites is 1. The summed E-state index contributed by atoms with van der Waals surface area (Å²) < 4.78 is 34.9. The third-order valence-corrected chi connectivity index (χ3v) is 3.33. The van der Waals surface area contributed by atoms with Crippen LogP contribution >= 0.6 is 0 Å². The molecule has 1 rings (SSSR count). The second-order valence-corrected chi connectivity index (χ2v) is 6.45. The summed E-state index contributed by atoms with van der Waals surface area (Å²) in [6.07, 6.45) is 1.60. The minimum atomic E-state index is -2.97. The van der Waals surface area contributed by atoms with Crippen molar-refractivity contribution in [3.63, 3.8) is 0 Å². The monoisotopic (exact) mass is 288 g/mol. The lowest BCUT2D eigenvalue weighted by Gasteiger charge is -2.07. The zero-order valence-corrected chi connectivity index (χ0v) is 11.5. The van der Waals surface area contributed by atoms with Crippen LogP contribution in [0.25, 0.3) is 0 Å². The minimum absolute atomic E-state index is 0.0120. The van der Waals surface area contributed by atoms with Gasteiger partial charge < -0.3 is 10.6 Å². The van der Waals surface area contributed by atoms with E-state index in [0.29, 0.717) is 13.0 Å². The molecule has 0 radical (unpaired) electrons. The van der Waals surface area contributed by atoms with E-state index in [4.69, 9.17) is 0 Å². The molecule has 0 saturated heterocycles. The Morgan fingerprint density at radius 2 is 2.00 bits per heavy atom. The second-order valence-electron chi connectivity index (χ2n) is 4.19. The molecule has 7 heteroatoms. The van der Waals surface area contributed by atoms with Crippen LogP contribution in [0.5, 0.6) is 0 Å². The van der Waals surface area contributed by atoms with Crippen molar-refractivity contribution in [3.8, 4) is 0 Å². The molecule has 1 aromatic rings. The summed E-state index contributed by atoms with van der Waals surface area (Å²) in [5.74, 6) is -0.785. The Kier molecular flexibility index (Phi) is 5.91. The molecule has 0 bridgehead atoms. The van der Waals surface area contributed by atoms with E-state index in [2.05, 4.69) is 10.6 Å². The maximum atomic E-state index is 13.2. The van der Waals surface area contributed by atoms with E-state index in [0.717, 1.165) is 6.26 Å². The molecule has 0 aliphatic carbocycles. The Hall–Kier alpha value is -1.47. The molecule has 0 aliphatic heterocycles. The zero-order valence-electron chi connectivity index (χ0n) is 10.6. The summed E-state index contributed by atoms with van der Waals surface area (Å²) in [6, 6.07) is 5.89. The van der Waals surface area contributed by atoms with Crippen LogP contribution in [-0.4, -0.2) is 39.4 Å². The van der Waals surface area contributed by atoms with Gasteiger partial charge in [0.05, 0.1) is 18.0 Å². The van der Waals surface area contributed by atoms with Crippen molar-refractivity contribution < 1.29 is 17.6 Å². The van der Waals surface area contributed by atoms with Crippen molar-refractivity contribution in [2.45, 2.75) is 6.42 Å². The molecular weight excluding hydrogens is 271 g/mol. The maximum absolute atomic E-state index is 13.2. The molecule has 0 heterocycles. The first kappa shape index (κ1) is 15.6. The van der Waals surface area contributed by atoms with Gasteiger partial charge in [-0.3, -0.25) is 4.79 Å². The first-order valence-corrected chi connectivity index (χ1v) is 7.87. The molecule has 2 N–H and O–H groups in total. The van der Waals surface area contributed by atoms with Gasteiger partial charge in [-0.2, -0.15) is 0 Å². The largest absolute Gasteiger partial charge is 0.322 e. The van der Waals surface area contributed by atoms with E-state index >= 15 is 0 Å². The molecular formula is C12H17FN2O3S. The van der Waals surface area contributed by atoms with Gasteiger partial charge in [-0.25, -0.2) is 12.8 Å². The van der Waals surface area contributed by atoms with Crippen LogP contribution in [0.1, 0.15) is 6.42 Å². The lowest BCUT2D eigenvalue weighted by molar-refractivity contribution is -0.115. The molecule has 0 unspecified atom stereocenters. The van der Waals surface area contributed by atoms with Gasteiger partial charge in [-0.05, 0) is 25.1 Å². The van der Waals surface area contributed by atoms with Gasteiger partial charge in [-0.15, -0.1) is 0 Å². The highest BCUT2D eigenvalue weighted by molar-refractivity contribution is 7.90. The fourth-order valence-electron chi connectivity index (χ4n) is 1.42. The highest BCUT2D eigenvalue weighted by Gasteiger charge is 2.06. The summed E-state index contributed by atoms with van der Waals surface area (Å²) in [7, 11) is -2.97. The molecule has 1 amide bonds. The summed E-state index contributed by atoms with van der Waals surface area (Å²) in [6.45, 7) is 0.426. The number of hydrogen-bond donors (Lipinski definition) is 2. The minimum Gasteiger partial charge on any atom is -0.322 e. The predicted octanol–water partition coefficient (Wildman–Crippen LogP) is 0.789. The Labute approximate surface area is 112 Å². The molecule has 0 saturated carbocycles. The zero-order chi connectivity index (χ0) is 14.3. The summed E-state index contributed by atoms with van der Waals surface area (Å²) in [5.41, 5.74) is 0.130. The quantitative estimate of drug-likeness (QED) is 0.727. The van der Waals surface area contributed by atoms with Gasteiger partial charge >= 0.3 is 0 Å². The number of rotatable bonds is 7. The highest BCUT2D eigenvalue weighted by Crippen LogP contribution is 2.11. The van der Waals surface area contributed by atoms with Crippen LogP contribution in [0.3, 0.4) is 0 Å². The van der Waals surface area contributed by atoms with Crippen molar-refractivity contribution in [1.82, 2.24) is 5.32 Å². The summed E-state index contributed by atoms with van der Waals surface area (Å²) in [4.78, 5) is 11.5. The Morgan fingerprint density at radius 3 is 2.63 bits per heavy atom. The summed E-state index contributed by atoms with van der Waals surface area (Å²) in [5, 5.41) is 5.22. The number of carbonyl (C=O) groups excluding carboxylic acids is 1. The number of amides is 1. The first-order valence-electron chi connectivity index (χ1n) is 5.81. The Balaban J connectivity index is 2.24. The van der Waals surface area contributed by atoms with Crippen LogP contribution in [0.15, 0.2) is 24.3 Å². The second kappa shape index (κ2) is 7.20. The molecule has 0 fully saturated rings. The average molecular weight is 288 g/mol. The predicted molar refractivity (Wildman–Crippen MR) is 72.2 cm³/mol. The normalized spacial score (nSPS) is 11.3. The molecule has 0 aromatic heterocycles. The number of hydrogen-bond acceptors (Lipinski definition) is 4. The number of nitrogens with one attached hydrogen (secondary N) is 2. The lowest BCUT2D eigenvalue weighted by Crippen LogP contribution is -2.29. The third kappa shape index (κ3) is 6.88. The number of carbonyl (C=O) groups is 1. The van der Waals surface area contributed by atoms with E-state index in [9.17, 15) is 17.6 Å². The van der Waals surface area contributed by atoms with E-state index in [1.54, 1.807) is 6.07 Å². The smallest absolute Gasteiger partial charge is 0.238 e. The molecule has 0 aliphatic rings. The van der Waals surface area contributed by atoms with Crippen LogP contribution in [0.4, 0.5) is 10.1 Å². The fraction of sp³-hybridized carbons (Fsp3) is 0.417. The Bertz CT molecular complexity index is 532. The fourth-order valence-corrected chi connectivity index (χ4v) is 2.09. The number of sulfone groups is 1. The van der Waals surface area contributed by atoms with Crippen LogP contribution in [0, 0.1) is 5.82 Å². The van der Waals surface area contributed by atoms with Crippen molar-refractivity contribution >= 4 is 21.4 Å². The van der Waals surface area contributed by atoms with E-state index in [-0.39, 0.29) is 23.9 Å². The first-order chi connectivity index (χ1) is 8.88. The Morgan fingerprint density at radius 1 is 1.32 bits per heavy atom. The van der Waals surface area contributed by atoms with Crippen LogP contribution in [0.2, 0.25) is 0 Å². The molecule has 19 heavy (non-hydrogen) atoms. The van der Waals surface area contributed by atoms with E-state index < -0.39 is 15.7 Å². The third-order valence-electron chi connectivity index (χ3n) is 2.30. The highest BCUT2D eigenvalue weighted by atomic mass is 32.2. The standard InChI is InChI=1S/C12H17FN2O3S/c1-19(17,18)8-4-7-14-9-12(16)15-11-6-3-2-5-10(11)13/h2-3,5-6,14H,4,7-9H2,1H3,(H,15,16). The molecule has 0 spiro atoms. The van der Waals surface area contributed by atoms with Gasteiger partial charge in [0.15, 0.2) is 0 Å². The molecule has 1 aromatic carbocycles. The number of benzene rings is 1. The van der Waals surface area contributed by atoms with Crippen LogP contribution < -0.4 is 10.6 Å². The average Bonchev–Trinajstić information content (AvgIpc) is 2.30. The van der Waals surface area contributed by atoms with Gasteiger partial charge in [0.2, 0.25) is 5.91 Å². The van der Waals surface area contributed by atoms with Crippen molar-refractivity contribution in [2.75, 3.05) is 30.4 Å². The van der Waals surface area contributed by atoms with E-state index in [1.165, 1.54) is 18.2 Å².